The minimum Gasteiger partial charge on any atom is -0.399 e. The van der Waals surface area contributed by atoms with Crippen molar-refractivity contribution in [1.82, 2.24) is 0 Å². The highest BCUT2D eigenvalue weighted by atomic mass is 19.1. The molecule has 0 fully saturated rings. The topological polar surface area (TPSA) is 26.0 Å². The average Bonchev–Trinajstić information content (AvgIpc) is 2.28. The summed E-state index contributed by atoms with van der Waals surface area (Å²) >= 11 is 0. The third-order valence-corrected chi connectivity index (χ3v) is 2.08. The lowest BCUT2D eigenvalue weighted by atomic mass is 10.1. The third kappa shape index (κ3) is 2.61. The number of benzene rings is 2. The van der Waals surface area contributed by atoms with Crippen molar-refractivity contribution in [3.8, 4) is 11.8 Å². The van der Waals surface area contributed by atoms with Crippen molar-refractivity contribution < 1.29 is 4.39 Å². The van der Waals surface area contributed by atoms with Crippen molar-refractivity contribution in [2.45, 2.75) is 0 Å². The molecule has 0 aliphatic rings. The van der Waals surface area contributed by atoms with Gasteiger partial charge in [0.15, 0.2) is 0 Å². The van der Waals surface area contributed by atoms with Crippen molar-refractivity contribution in [3.63, 3.8) is 0 Å². The van der Waals surface area contributed by atoms with Crippen LogP contribution in [-0.2, 0) is 0 Å². The molecule has 0 aliphatic carbocycles. The highest BCUT2D eigenvalue weighted by Gasteiger charge is 1.90. The molecule has 0 saturated carbocycles. The lowest BCUT2D eigenvalue weighted by Crippen LogP contribution is -1.84. The van der Waals surface area contributed by atoms with Gasteiger partial charge in [-0.1, -0.05) is 17.9 Å². The second-order valence-corrected chi connectivity index (χ2v) is 3.38. The molecule has 2 aromatic rings. The van der Waals surface area contributed by atoms with Crippen LogP contribution in [0.5, 0.6) is 0 Å². The Morgan fingerprint density at radius 2 is 1.56 bits per heavy atom. The van der Waals surface area contributed by atoms with Crippen molar-refractivity contribution in [2.24, 2.45) is 0 Å². The maximum absolute atomic E-state index is 12.6. The maximum Gasteiger partial charge on any atom is 0.123 e. The highest BCUT2D eigenvalue weighted by Crippen LogP contribution is 2.06. The van der Waals surface area contributed by atoms with Crippen molar-refractivity contribution in [2.75, 3.05) is 5.73 Å². The van der Waals surface area contributed by atoms with Gasteiger partial charge >= 0.3 is 0 Å². The monoisotopic (exact) mass is 211 g/mol. The van der Waals surface area contributed by atoms with Gasteiger partial charge in [-0.05, 0) is 42.5 Å². The molecule has 78 valence electrons. The molecule has 2 heteroatoms. The number of hydrogen-bond acceptors (Lipinski definition) is 1. The van der Waals surface area contributed by atoms with E-state index in [0.29, 0.717) is 5.69 Å². The summed E-state index contributed by atoms with van der Waals surface area (Å²) in [5, 5.41) is 0. The first-order valence-electron chi connectivity index (χ1n) is 4.87. The number of anilines is 1. The fourth-order valence-electron chi connectivity index (χ4n) is 1.29. The standard InChI is InChI=1S/C14H10FN/c15-13-8-6-11(7-9-13)4-5-12-2-1-3-14(16)10-12/h1-3,6-10H,16H2. The molecule has 0 heterocycles. The van der Waals surface area contributed by atoms with Crippen LogP contribution in [0.4, 0.5) is 10.1 Å². The molecule has 16 heavy (non-hydrogen) atoms. The van der Waals surface area contributed by atoms with E-state index < -0.39 is 0 Å². The Labute approximate surface area is 93.7 Å². The van der Waals surface area contributed by atoms with E-state index in [0.717, 1.165) is 11.1 Å². The van der Waals surface area contributed by atoms with Crippen LogP contribution in [0.25, 0.3) is 0 Å². The largest absolute Gasteiger partial charge is 0.399 e. The molecule has 0 bridgehead atoms. The molecule has 2 rings (SSSR count). The van der Waals surface area contributed by atoms with E-state index in [9.17, 15) is 4.39 Å². The van der Waals surface area contributed by atoms with Gasteiger partial charge in [-0.3, -0.25) is 0 Å². The van der Waals surface area contributed by atoms with Crippen molar-refractivity contribution in [1.29, 1.82) is 0 Å². The molecule has 2 N–H and O–H groups in total. The average molecular weight is 211 g/mol. The lowest BCUT2D eigenvalue weighted by molar-refractivity contribution is 0.627. The van der Waals surface area contributed by atoms with Crippen LogP contribution in [0, 0.1) is 17.7 Å². The van der Waals surface area contributed by atoms with Gasteiger partial charge < -0.3 is 5.73 Å². The second kappa shape index (κ2) is 4.50. The maximum atomic E-state index is 12.6. The van der Waals surface area contributed by atoms with E-state index in [-0.39, 0.29) is 5.82 Å². The van der Waals surface area contributed by atoms with Gasteiger partial charge in [-0.2, -0.15) is 0 Å². The SMILES string of the molecule is Nc1cccc(C#Cc2ccc(F)cc2)c1. The predicted molar refractivity (Wildman–Crippen MR) is 63.2 cm³/mol. The van der Waals surface area contributed by atoms with Crippen LogP contribution in [-0.4, -0.2) is 0 Å². The molecule has 0 atom stereocenters. The van der Waals surface area contributed by atoms with E-state index in [4.69, 9.17) is 5.73 Å². The number of halogens is 1. The zero-order valence-corrected chi connectivity index (χ0v) is 8.57. The molecule has 0 aliphatic heterocycles. The fraction of sp³-hybridized carbons (Fsp3) is 0. The third-order valence-electron chi connectivity index (χ3n) is 2.08. The molecule has 2 aromatic carbocycles. The number of nitrogens with two attached hydrogens (primary N) is 1. The molecular formula is C14H10FN. The van der Waals surface area contributed by atoms with Gasteiger partial charge in [-0.25, -0.2) is 4.39 Å². The van der Waals surface area contributed by atoms with Gasteiger partial charge in [-0.15, -0.1) is 0 Å². The second-order valence-electron chi connectivity index (χ2n) is 3.38. The number of nitrogen functional groups attached to an aromatic ring is 1. The number of hydrogen-bond donors (Lipinski definition) is 1. The Kier molecular flexibility index (Phi) is 2.88. The van der Waals surface area contributed by atoms with Crippen LogP contribution >= 0.6 is 0 Å². The molecule has 0 radical (unpaired) electrons. The summed E-state index contributed by atoms with van der Waals surface area (Å²) in [6.45, 7) is 0. The summed E-state index contributed by atoms with van der Waals surface area (Å²) in [7, 11) is 0. The van der Waals surface area contributed by atoms with Gasteiger partial charge in [0.05, 0.1) is 0 Å². The highest BCUT2D eigenvalue weighted by molar-refractivity contribution is 5.49. The van der Waals surface area contributed by atoms with Crippen LogP contribution in [0.15, 0.2) is 48.5 Å². The van der Waals surface area contributed by atoms with Gasteiger partial charge in [0.1, 0.15) is 5.82 Å². The van der Waals surface area contributed by atoms with E-state index in [1.54, 1.807) is 18.2 Å². The normalized spacial score (nSPS) is 9.31. The zero-order valence-electron chi connectivity index (χ0n) is 8.57. The predicted octanol–water partition coefficient (Wildman–Crippen LogP) is 2.81. The summed E-state index contributed by atoms with van der Waals surface area (Å²) in [4.78, 5) is 0. The Bertz CT molecular complexity index is 547. The molecule has 0 unspecified atom stereocenters. The van der Waals surface area contributed by atoms with E-state index >= 15 is 0 Å². The molecule has 1 nitrogen and oxygen atoms in total. The molecule has 0 saturated heterocycles. The molecular weight excluding hydrogens is 201 g/mol. The zero-order chi connectivity index (χ0) is 11.4. The summed E-state index contributed by atoms with van der Waals surface area (Å²) in [6, 6.07) is 13.4. The van der Waals surface area contributed by atoms with E-state index in [1.807, 2.05) is 18.2 Å². The molecule has 0 spiro atoms. The first kappa shape index (κ1) is 10.3. The van der Waals surface area contributed by atoms with Crippen LogP contribution < -0.4 is 5.73 Å². The van der Waals surface area contributed by atoms with Gasteiger partial charge in [0.25, 0.3) is 0 Å². The Morgan fingerprint density at radius 3 is 2.25 bits per heavy atom. The summed E-state index contributed by atoms with van der Waals surface area (Å²) in [5.41, 5.74) is 7.95. The van der Waals surface area contributed by atoms with Gasteiger partial charge in [0, 0.05) is 16.8 Å². The van der Waals surface area contributed by atoms with Crippen LogP contribution in [0.2, 0.25) is 0 Å². The first-order valence-corrected chi connectivity index (χ1v) is 4.87. The summed E-state index contributed by atoms with van der Waals surface area (Å²) < 4.78 is 12.6. The van der Waals surface area contributed by atoms with Gasteiger partial charge in [0.2, 0.25) is 0 Å². The summed E-state index contributed by atoms with van der Waals surface area (Å²) in [5.74, 6) is 5.66. The lowest BCUT2D eigenvalue weighted by Gasteiger charge is -1.93. The molecule has 0 amide bonds. The van der Waals surface area contributed by atoms with Crippen LogP contribution in [0.1, 0.15) is 11.1 Å². The fourth-order valence-corrected chi connectivity index (χ4v) is 1.29. The minimum atomic E-state index is -0.255. The van der Waals surface area contributed by atoms with Crippen molar-refractivity contribution in [3.05, 3.63) is 65.5 Å². The van der Waals surface area contributed by atoms with Crippen molar-refractivity contribution >= 4 is 5.69 Å². The first-order chi connectivity index (χ1) is 7.74. The summed E-state index contributed by atoms with van der Waals surface area (Å²) in [6.07, 6.45) is 0. The number of rotatable bonds is 0. The van der Waals surface area contributed by atoms with E-state index in [2.05, 4.69) is 11.8 Å². The van der Waals surface area contributed by atoms with Crippen LogP contribution in [0.3, 0.4) is 0 Å². The Hall–Kier alpha value is -2.27. The quantitative estimate of drug-likeness (QED) is 0.526. The molecule has 0 aromatic heterocycles. The van der Waals surface area contributed by atoms with E-state index in [1.165, 1.54) is 12.1 Å². The Morgan fingerprint density at radius 1 is 0.875 bits per heavy atom. The minimum absolute atomic E-state index is 0.255. The smallest absolute Gasteiger partial charge is 0.123 e. The Balaban J connectivity index is 2.25.